The highest BCUT2D eigenvalue weighted by molar-refractivity contribution is 5.76. The Balaban J connectivity index is 2.00. The van der Waals surface area contributed by atoms with Crippen molar-refractivity contribution in [3.05, 3.63) is 0 Å². The second kappa shape index (κ2) is 4.31. The molecule has 1 saturated heterocycles. The lowest BCUT2D eigenvalue weighted by Crippen LogP contribution is -2.57. The SMILES string of the molecule is COCCC(=O)NC1CNC1. The van der Waals surface area contributed by atoms with Gasteiger partial charge in [-0.1, -0.05) is 0 Å². The third kappa shape index (κ3) is 2.86. The molecule has 0 radical (unpaired) electrons. The lowest BCUT2D eigenvalue weighted by atomic mass is 10.2. The highest BCUT2D eigenvalue weighted by atomic mass is 16.5. The number of methoxy groups -OCH3 is 1. The topological polar surface area (TPSA) is 50.4 Å². The number of nitrogens with one attached hydrogen (secondary N) is 2. The van der Waals surface area contributed by atoms with Crippen molar-refractivity contribution < 1.29 is 9.53 Å². The minimum atomic E-state index is 0.0818. The van der Waals surface area contributed by atoms with Crippen LogP contribution in [0, 0.1) is 0 Å². The first-order valence-corrected chi connectivity index (χ1v) is 3.82. The molecule has 0 unspecified atom stereocenters. The molecule has 4 heteroatoms. The van der Waals surface area contributed by atoms with Gasteiger partial charge in [0.15, 0.2) is 0 Å². The molecule has 2 N–H and O–H groups in total. The maximum absolute atomic E-state index is 11.0. The van der Waals surface area contributed by atoms with E-state index in [0.717, 1.165) is 13.1 Å². The maximum Gasteiger partial charge on any atom is 0.222 e. The van der Waals surface area contributed by atoms with Crippen LogP contribution in [0.1, 0.15) is 6.42 Å². The van der Waals surface area contributed by atoms with Gasteiger partial charge < -0.3 is 15.4 Å². The van der Waals surface area contributed by atoms with Crippen LogP contribution in [0.25, 0.3) is 0 Å². The van der Waals surface area contributed by atoms with Crippen LogP contribution < -0.4 is 10.6 Å². The Bertz CT molecular complexity index is 134. The van der Waals surface area contributed by atoms with Crippen molar-refractivity contribution in [1.29, 1.82) is 0 Å². The van der Waals surface area contributed by atoms with Crippen LogP contribution in [0.5, 0.6) is 0 Å². The minimum Gasteiger partial charge on any atom is -0.384 e. The van der Waals surface area contributed by atoms with Crippen LogP contribution in [0.3, 0.4) is 0 Å². The number of hydrogen-bond donors (Lipinski definition) is 2. The van der Waals surface area contributed by atoms with E-state index in [0.29, 0.717) is 19.1 Å². The lowest BCUT2D eigenvalue weighted by Gasteiger charge is -2.27. The molecule has 1 heterocycles. The Hall–Kier alpha value is -0.610. The van der Waals surface area contributed by atoms with Crippen molar-refractivity contribution in [2.75, 3.05) is 26.8 Å². The smallest absolute Gasteiger partial charge is 0.222 e. The summed E-state index contributed by atoms with van der Waals surface area (Å²) in [7, 11) is 1.60. The third-order valence-electron chi connectivity index (χ3n) is 1.68. The van der Waals surface area contributed by atoms with Gasteiger partial charge in [-0.3, -0.25) is 4.79 Å². The molecule has 1 rings (SSSR count). The number of hydrogen-bond acceptors (Lipinski definition) is 3. The zero-order valence-corrected chi connectivity index (χ0v) is 6.72. The predicted octanol–water partition coefficient (Wildman–Crippen LogP) is -0.889. The van der Waals surface area contributed by atoms with Gasteiger partial charge in [-0.15, -0.1) is 0 Å². The number of carbonyl (C=O) groups excluding carboxylic acids is 1. The molecule has 0 aromatic carbocycles. The molecule has 0 atom stereocenters. The molecule has 64 valence electrons. The molecule has 1 aliphatic heterocycles. The van der Waals surface area contributed by atoms with E-state index in [2.05, 4.69) is 10.6 Å². The normalized spacial score (nSPS) is 17.5. The fourth-order valence-corrected chi connectivity index (χ4v) is 0.885. The van der Waals surface area contributed by atoms with Crippen LogP contribution >= 0.6 is 0 Å². The number of amides is 1. The van der Waals surface area contributed by atoms with E-state index in [-0.39, 0.29) is 5.91 Å². The molecule has 0 bridgehead atoms. The maximum atomic E-state index is 11.0. The zero-order valence-electron chi connectivity index (χ0n) is 6.72. The number of ether oxygens (including phenoxy) is 1. The van der Waals surface area contributed by atoms with E-state index in [1.807, 2.05) is 0 Å². The van der Waals surface area contributed by atoms with Gasteiger partial charge in [-0.2, -0.15) is 0 Å². The molecule has 0 aliphatic carbocycles. The van der Waals surface area contributed by atoms with Gasteiger partial charge in [0.25, 0.3) is 0 Å². The van der Waals surface area contributed by atoms with Crippen molar-refractivity contribution in [3.8, 4) is 0 Å². The third-order valence-corrected chi connectivity index (χ3v) is 1.68. The van der Waals surface area contributed by atoms with Crippen LogP contribution in [-0.4, -0.2) is 38.8 Å². The summed E-state index contributed by atoms with van der Waals surface area (Å²) >= 11 is 0. The second-order valence-electron chi connectivity index (χ2n) is 2.67. The van der Waals surface area contributed by atoms with E-state index in [1.165, 1.54) is 0 Å². The molecule has 1 amide bonds. The fraction of sp³-hybridized carbons (Fsp3) is 0.857. The zero-order chi connectivity index (χ0) is 8.10. The number of rotatable bonds is 4. The standard InChI is InChI=1S/C7H14N2O2/c1-11-3-2-7(10)9-6-4-8-5-6/h6,8H,2-5H2,1H3,(H,9,10). The van der Waals surface area contributed by atoms with Gasteiger partial charge in [-0.05, 0) is 0 Å². The minimum absolute atomic E-state index is 0.0818. The highest BCUT2D eigenvalue weighted by Crippen LogP contribution is 1.91. The molecule has 11 heavy (non-hydrogen) atoms. The summed E-state index contributed by atoms with van der Waals surface area (Å²) in [6, 6.07) is 0.347. The summed E-state index contributed by atoms with van der Waals surface area (Å²) in [6.07, 6.45) is 0.465. The monoisotopic (exact) mass is 158 g/mol. The second-order valence-corrected chi connectivity index (χ2v) is 2.67. The van der Waals surface area contributed by atoms with E-state index in [1.54, 1.807) is 7.11 Å². The van der Waals surface area contributed by atoms with Crippen LogP contribution in [0.2, 0.25) is 0 Å². The van der Waals surface area contributed by atoms with E-state index in [9.17, 15) is 4.79 Å². The van der Waals surface area contributed by atoms with Gasteiger partial charge in [0.1, 0.15) is 0 Å². The lowest BCUT2D eigenvalue weighted by molar-refractivity contribution is -0.123. The quantitative estimate of drug-likeness (QED) is 0.558. The Morgan fingerprint density at radius 1 is 1.73 bits per heavy atom. The summed E-state index contributed by atoms with van der Waals surface area (Å²) in [5.74, 6) is 0.0818. The first kappa shape index (κ1) is 8.49. The largest absolute Gasteiger partial charge is 0.384 e. The van der Waals surface area contributed by atoms with Crippen molar-refractivity contribution in [2.24, 2.45) is 0 Å². The van der Waals surface area contributed by atoms with Crippen LogP contribution in [-0.2, 0) is 9.53 Å². The van der Waals surface area contributed by atoms with Crippen molar-refractivity contribution >= 4 is 5.91 Å². The highest BCUT2D eigenvalue weighted by Gasteiger charge is 2.17. The van der Waals surface area contributed by atoms with Crippen LogP contribution in [0.4, 0.5) is 0 Å². The first-order valence-electron chi connectivity index (χ1n) is 3.82. The van der Waals surface area contributed by atoms with Gasteiger partial charge in [0, 0.05) is 26.6 Å². The van der Waals surface area contributed by atoms with Gasteiger partial charge in [-0.25, -0.2) is 0 Å². The molecule has 0 saturated carbocycles. The molecular weight excluding hydrogens is 144 g/mol. The molecule has 1 fully saturated rings. The van der Waals surface area contributed by atoms with E-state index in [4.69, 9.17) is 4.74 Å². The fourth-order valence-electron chi connectivity index (χ4n) is 0.885. The van der Waals surface area contributed by atoms with Crippen molar-refractivity contribution in [2.45, 2.75) is 12.5 Å². The molecule has 0 spiro atoms. The molecule has 1 aliphatic rings. The molecule has 4 nitrogen and oxygen atoms in total. The van der Waals surface area contributed by atoms with Gasteiger partial charge in [0.2, 0.25) is 5.91 Å². The Labute approximate surface area is 66.3 Å². The first-order chi connectivity index (χ1) is 5.33. The summed E-state index contributed by atoms with van der Waals surface area (Å²) in [6.45, 7) is 2.31. The summed E-state index contributed by atoms with van der Waals surface area (Å²) in [5, 5.41) is 5.95. The molecule has 0 aromatic heterocycles. The Morgan fingerprint density at radius 2 is 2.45 bits per heavy atom. The molecule has 0 aromatic rings. The number of carbonyl (C=O) groups is 1. The Kier molecular flexibility index (Phi) is 3.32. The van der Waals surface area contributed by atoms with Crippen molar-refractivity contribution in [3.63, 3.8) is 0 Å². The summed E-state index contributed by atoms with van der Waals surface area (Å²) in [4.78, 5) is 11.0. The Morgan fingerprint density at radius 3 is 2.91 bits per heavy atom. The average Bonchev–Trinajstić information content (AvgIpc) is 1.93. The summed E-state index contributed by atoms with van der Waals surface area (Å²) < 4.78 is 4.77. The average molecular weight is 158 g/mol. The van der Waals surface area contributed by atoms with E-state index < -0.39 is 0 Å². The van der Waals surface area contributed by atoms with E-state index >= 15 is 0 Å². The molecular formula is C7H14N2O2. The van der Waals surface area contributed by atoms with Crippen molar-refractivity contribution in [1.82, 2.24) is 10.6 Å². The van der Waals surface area contributed by atoms with Crippen LogP contribution in [0.15, 0.2) is 0 Å². The van der Waals surface area contributed by atoms with Gasteiger partial charge in [0.05, 0.1) is 12.6 Å². The predicted molar refractivity (Wildman–Crippen MR) is 41.3 cm³/mol. The summed E-state index contributed by atoms with van der Waals surface area (Å²) in [5.41, 5.74) is 0. The van der Waals surface area contributed by atoms with Gasteiger partial charge >= 0.3 is 0 Å².